The summed E-state index contributed by atoms with van der Waals surface area (Å²) in [6.07, 6.45) is 2.17. The number of hydrogen-bond acceptors (Lipinski definition) is 5. The number of thioether (sulfide) groups is 1. The van der Waals surface area contributed by atoms with Gasteiger partial charge in [-0.25, -0.2) is 0 Å². The number of rotatable bonds is 6. The van der Waals surface area contributed by atoms with Crippen molar-refractivity contribution in [2.24, 2.45) is 0 Å². The van der Waals surface area contributed by atoms with Gasteiger partial charge in [0.05, 0.1) is 11.8 Å². The zero-order valence-electron chi connectivity index (χ0n) is 10.9. The molecule has 0 aliphatic rings. The number of anilines is 2. The molecule has 1 unspecified atom stereocenters. The molecule has 0 spiro atoms. The normalized spacial score (nSPS) is 12.5. The molecular formula is C12H21N3OS. The highest BCUT2D eigenvalue weighted by Crippen LogP contribution is 2.22. The van der Waals surface area contributed by atoms with Gasteiger partial charge in [0, 0.05) is 11.8 Å². The van der Waals surface area contributed by atoms with Gasteiger partial charge in [-0.2, -0.15) is 16.7 Å². The van der Waals surface area contributed by atoms with E-state index < -0.39 is 0 Å². The van der Waals surface area contributed by atoms with Gasteiger partial charge in [-0.3, -0.25) is 0 Å². The molecule has 0 saturated heterocycles. The second-order valence-corrected chi connectivity index (χ2v) is 5.46. The van der Waals surface area contributed by atoms with E-state index in [0.29, 0.717) is 16.8 Å². The Balaban J connectivity index is 2.67. The van der Waals surface area contributed by atoms with Crippen LogP contribution in [0.15, 0.2) is 12.1 Å². The van der Waals surface area contributed by atoms with Crippen LogP contribution in [0.2, 0.25) is 0 Å². The van der Waals surface area contributed by atoms with E-state index in [1.165, 1.54) is 0 Å². The van der Waals surface area contributed by atoms with E-state index >= 15 is 0 Å². The van der Waals surface area contributed by atoms with Crippen molar-refractivity contribution >= 4 is 23.3 Å². The monoisotopic (exact) mass is 255 g/mol. The Morgan fingerprint density at radius 2 is 2.12 bits per heavy atom. The molecule has 0 saturated carbocycles. The molecule has 17 heavy (non-hydrogen) atoms. The van der Waals surface area contributed by atoms with E-state index in [-0.39, 0.29) is 6.10 Å². The molecule has 0 aliphatic heterocycles. The molecular weight excluding hydrogens is 234 g/mol. The van der Waals surface area contributed by atoms with E-state index in [1.807, 2.05) is 37.7 Å². The zero-order valence-corrected chi connectivity index (χ0v) is 11.7. The highest BCUT2D eigenvalue weighted by Gasteiger charge is 2.07. The Bertz CT molecular complexity index is 358. The Morgan fingerprint density at radius 1 is 1.41 bits per heavy atom. The summed E-state index contributed by atoms with van der Waals surface area (Å²) in [5.74, 6) is 1.30. The predicted molar refractivity (Wildman–Crippen MR) is 75.9 cm³/mol. The van der Waals surface area contributed by atoms with Gasteiger partial charge < -0.3 is 15.8 Å². The lowest BCUT2D eigenvalue weighted by Gasteiger charge is -2.14. The number of aromatic nitrogens is 1. The molecule has 0 aromatic carbocycles. The third-order valence-electron chi connectivity index (χ3n) is 2.21. The molecule has 1 rings (SSSR count). The van der Waals surface area contributed by atoms with Crippen molar-refractivity contribution in [3.05, 3.63) is 12.1 Å². The molecule has 1 aromatic rings. The molecule has 0 amide bonds. The summed E-state index contributed by atoms with van der Waals surface area (Å²) in [6, 6.07) is 3.69. The third kappa shape index (κ3) is 4.73. The Kier molecular flexibility index (Phi) is 5.41. The molecule has 96 valence electrons. The van der Waals surface area contributed by atoms with Crippen LogP contribution in [0.4, 0.5) is 11.5 Å². The van der Waals surface area contributed by atoms with Gasteiger partial charge in [-0.1, -0.05) is 6.92 Å². The number of hydrogen-bond donors (Lipinski definition) is 2. The van der Waals surface area contributed by atoms with E-state index in [2.05, 4.69) is 23.5 Å². The van der Waals surface area contributed by atoms with Crippen LogP contribution in [0, 0.1) is 0 Å². The van der Waals surface area contributed by atoms with Crippen LogP contribution < -0.4 is 15.8 Å². The summed E-state index contributed by atoms with van der Waals surface area (Å²) in [4.78, 5) is 4.35. The number of nitrogens with two attached hydrogens (primary N) is 1. The zero-order chi connectivity index (χ0) is 12.8. The second kappa shape index (κ2) is 6.59. The molecule has 0 radical (unpaired) electrons. The standard InChI is InChI=1S/C12H21N3OS/c1-8(2)16-12-10(13)5-6-11(15-12)14-7-9(3)17-4/h5-6,8-9H,7,13H2,1-4H3,(H,14,15). The molecule has 4 nitrogen and oxygen atoms in total. The summed E-state index contributed by atoms with van der Waals surface area (Å²) < 4.78 is 5.54. The van der Waals surface area contributed by atoms with Crippen molar-refractivity contribution < 1.29 is 4.74 Å². The van der Waals surface area contributed by atoms with Crippen LogP contribution in [0.25, 0.3) is 0 Å². The number of nitrogens with one attached hydrogen (secondary N) is 1. The summed E-state index contributed by atoms with van der Waals surface area (Å²) >= 11 is 1.82. The molecule has 1 atom stereocenters. The highest BCUT2D eigenvalue weighted by molar-refractivity contribution is 7.99. The Hall–Kier alpha value is -1.10. The first-order chi connectivity index (χ1) is 8.02. The first-order valence-electron chi connectivity index (χ1n) is 5.72. The molecule has 0 bridgehead atoms. The first kappa shape index (κ1) is 14.0. The van der Waals surface area contributed by atoms with Gasteiger partial charge in [0.1, 0.15) is 5.82 Å². The van der Waals surface area contributed by atoms with Crippen molar-refractivity contribution in [1.82, 2.24) is 4.98 Å². The van der Waals surface area contributed by atoms with Crippen LogP contribution in [0.1, 0.15) is 20.8 Å². The van der Waals surface area contributed by atoms with Gasteiger partial charge in [0.25, 0.3) is 0 Å². The van der Waals surface area contributed by atoms with Gasteiger partial charge in [-0.05, 0) is 32.2 Å². The quantitative estimate of drug-likeness (QED) is 0.818. The van der Waals surface area contributed by atoms with Crippen LogP contribution in [0.3, 0.4) is 0 Å². The summed E-state index contributed by atoms with van der Waals surface area (Å²) in [5.41, 5.74) is 6.37. The average molecular weight is 255 g/mol. The fourth-order valence-corrected chi connectivity index (χ4v) is 1.45. The van der Waals surface area contributed by atoms with E-state index in [4.69, 9.17) is 10.5 Å². The summed E-state index contributed by atoms with van der Waals surface area (Å²) in [7, 11) is 0. The van der Waals surface area contributed by atoms with E-state index in [0.717, 1.165) is 12.4 Å². The fraction of sp³-hybridized carbons (Fsp3) is 0.583. The average Bonchev–Trinajstić information content (AvgIpc) is 2.29. The minimum Gasteiger partial charge on any atom is -0.473 e. The van der Waals surface area contributed by atoms with Crippen LogP contribution >= 0.6 is 11.8 Å². The third-order valence-corrected chi connectivity index (χ3v) is 3.18. The number of pyridine rings is 1. The second-order valence-electron chi connectivity index (χ2n) is 4.18. The van der Waals surface area contributed by atoms with Gasteiger partial charge in [0.15, 0.2) is 0 Å². The SMILES string of the molecule is CSC(C)CNc1ccc(N)c(OC(C)C)n1. The molecule has 3 N–H and O–H groups in total. The Labute approximate surface area is 107 Å². The minimum atomic E-state index is 0.0742. The van der Waals surface area contributed by atoms with Gasteiger partial charge >= 0.3 is 0 Å². The smallest absolute Gasteiger partial charge is 0.239 e. The van der Waals surface area contributed by atoms with Crippen LogP contribution in [-0.2, 0) is 0 Å². The van der Waals surface area contributed by atoms with Crippen molar-refractivity contribution in [2.45, 2.75) is 32.1 Å². The van der Waals surface area contributed by atoms with Gasteiger partial charge in [0.2, 0.25) is 5.88 Å². The molecule has 1 heterocycles. The fourth-order valence-electron chi connectivity index (χ4n) is 1.20. The lowest BCUT2D eigenvalue weighted by atomic mass is 10.3. The van der Waals surface area contributed by atoms with Gasteiger partial charge in [-0.15, -0.1) is 0 Å². The van der Waals surface area contributed by atoms with E-state index in [1.54, 1.807) is 0 Å². The number of nitrogen functional groups attached to an aromatic ring is 1. The van der Waals surface area contributed by atoms with Crippen molar-refractivity contribution in [3.8, 4) is 5.88 Å². The number of ether oxygens (including phenoxy) is 1. The lowest BCUT2D eigenvalue weighted by Crippen LogP contribution is -2.15. The molecule has 5 heteroatoms. The first-order valence-corrected chi connectivity index (χ1v) is 7.01. The van der Waals surface area contributed by atoms with Crippen molar-refractivity contribution in [2.75, 3.05) is 23.9 Å². The maximum Gasteiger partial charge on any atom is 0.239 e. The van der Waals surface area contributed by atoms with Crippen molar-refractivity contribution in [3.63, 3.8) is 0 Å². The Morgan fingerprint density at radius 3 is 2.71 bits per heavy atom. The van der Waals surface area contributed by atoms with Crippen LogP contribution in [-0.4, -0.2) is 29.1 Å². The van der Waals surface area contributed by atoms with E-state index in [9.17, 15) is 0 Å². The lowest BCUT2D eigenvalue weighted by molar-refractivity contribution is 0.234. The maximum absolute atomic E-state index is 5.80. The maximum atomic E-state index is 5.80. The topological polar surface area (TPSA) is 60.2 Å². The molecule has 0 fully saturated rings. The molecule has 1 aromatic heterocycles. The van der Waals surface area contributed by atoms with Crippen molar-refractivity contribution in [1.29, 1.82) is 0 Å². The highest BCUT2D eigenvalue weighted by atomic mass is 32.2. The number of nitrogens with zero attached hydrogens (tertiary/aromatic N) is 1. The van der Waals surface area contributed by atoms with Crippen LogP contribution in [0.5, 0.6) is 5.88 Å². The molecule has 0 aliphatic carbocycles. The largest absolute Gasteiger partial charge is 0.473 e. The predicted octanol–water partition coefficient (Wildman–Crippen LogP) is 2.61. The minimum absolute atomic E-state index is 0.0742. The summed E-state index contributed by atoms with van der Waals surface area (Å²) in [5, 5.41) is 3.81. The summed E-state index contributed by atoms with van der Waals surface area (Å²) in [6.45, 7) is 6.95.